The van der Waals surface area contributed by atoms with Gasteiger partial charge < -0.3 is 15.0 Å². The zero-order valence-corrected chi connectivity index (χ0v) is 12.5. The molecule has 0 amide bonds. The van der Waals surface area contributed by atoms with Crippen LogP contribution in [0.3, 0.4) is 0 Å². The summed E-state index contributed by atoms with van der Waals surface area (Å²) in [5.41, 5.74) is 0.796. The number of benzene rings is 1. The smallest absolute Gasteiger partial charge is 0.142 e. The summed E-state index contributed by atoms with van der Waals surface area (Å²) in [6.45, 7) is 6.22. The lowest BCUT2D eigenvalue weighted by atomic mass is 9.95. The lowest BCUT2D eigenvalue weighted by Gasteiger charge is -2.29. The zero-order valence-electron chi connectivity index (χ0n) is 12.5. The van der Waals surface area contributed by atoms with Crippen molar-refractivity contribution in [1.82, 2.24) is 5.32 Å². The molecule has 1 rings (SSSR count). The van der Waals surface area contributed by atoms with Gasteiger partial charge in [-0.2, -0.15) is 0 Å². The molecule has 0 radical (unpaired) electrons. The molecule has 0 aromatic heterocycles. The van der Waals surface area contributed by atoms with Gasteiger partial charge in [0.05, 0.1) is 12.8 Å². The summed E-state index contributed by atoms with van der Waals surface area (Å²) >= 11 is 0. The molecule has 0 aliphatic carbocycles. The molecule has 1 atom stereocenters. The summed E-state index contributed by atoms with van der Waals surface area (Å²) < 4.78 is 18.7. The third-order valence-electron chi connectivity index (χ3n) is 3.47. The third kappa shape index (κ3) is 4.39. The minimum atomic E-state index is -0.239. The van der Waals surface area contributed by atoms with Gasteiger partial charge in [-0.1, -0.05) is 13.8 Å². The van der Waals surface area contributed by atoms with Gasteiger partial charge in [-0.3, -0.25) is 0 Å². The molecule has 0 heterocycles. The molecule has 1 unspecified atom stereocenters. The van der Waals surface area contributed by atoms with Gasteiger partial charge in [0.2, 0.25) is 0 Å². The Labute approximate surface area is 115 Å². The van der Waals surface area contributed by atoms with Gasteiger partial charge in [0.1, 0.15) is 11.6 Å². The highest BCUT2D eigenvalue weighted by Gasteiger charge is 2.17. The molecule has 1 N–H and O–H groups in total. The molecule has 4 heteroatoms. The minimum absolute atomic E-state index is 0.239. The maximum Gasteiger partial charge on any atom is 0.142 e. The van der Waals surface area contributed by atoms with Crippen molar-refractivity contribution in [3.05, 3.63) is 24.0 Å². The Bertz CT molecular complexity index is 396. The summed E-state index contributed by atoms with van der Waals surface area (Å²) in [7, 11) is 5.54. The van der Waals surface area contributed by atoms with E-state index in [1.165, 1.54) is 12.1 Å². The second-order valence-corrected chi connectivity index (χ2v) is 5.26. The summed E-state index contributed by atoms with van der Waals surface area (Å²) in [6, 6.07) is 4.61. The van der Waals surface area contributed by atoms with E-state index < -0.39 is 0 Å². The molecular formula is C15H25FN2O. The standard InChI is InChI=1S/C15H25FN2O/c1-11(2)12(9-17-3)10-18(4)14-8-13(16)6-7-15(14)19-5/h6-8,11-12,17H,9-10H2,1-5H3. The van der Waals surface area contributed by atoms with Gasteiger partial charge in [-0.25, -0.2) is 4.39 Å². The average Bonchev–Trinajstić information content (AvgIpc) is 2.37. The van der Waals surface area contributed by atoms with Gasteiger partial charge in [-0.15, -0.1) is 0 Å². The number of anilines is 1. The molecule has 0 fully saturated rings. The summed E-state index contributed by atoms with van der Waals surface area (Å²) in [5.74, 6) is 1.53. The van der Waals surface area contributed by atoms with E-state index in [0.29, 0.717) is 17.6 Å². The first-order chi connectivity index (χ1) is 8.99. The van der Waals surface area contributed by atoms with Crippen molar-refractivity contribution in [2.24, 2.45) is 11.8 Å². The Morgan fingerprint density at radius 2 is 2.05 bits per heavy atom. The number of rotatable bonds is 7. The molecule has 1 aromatic carbocycles. The van der Waals surface area contributed by atoms with Crippen molar-refractivity contribution >= 4 is 5.69 Å². The van der Waals surface area contributed by atoms with Crippen LogP contribution in [0.25, 0.3) is 0 Å². The van der Waals surface area contributed by atoms with Crippen molar-refractivity contribution in [2.75, 3.05) is 39.2 Å². The maximum atomic E-state index is 13.4. The molecule has 0 saturated carbocycles. The van der Waals surface area contributed by atoms with Gasteiger partial charge in [0, 0.05) is 19.7 Å². The van der Waals surface area contributed by atoms with E-state index in [-0.39, 0.29) is 5.82 Å². The normalized spacial score (nSPS) is 12.6. The molecule has 0 bridgehead atoms. The molecule has 3 nitrogen and oxygen atoms in total. The van der Waals surface area contributed by atoms with Crippen LogP contribution in [0.2, 0.25) is 0 Å². The van der Waals surface area contributed by atoms with Gasteiger partial charge in [-0.05, 0) is 37.6 Å². The topological polar surface area (TPSA) is 24.5 Å². The third-order valence-corrected chi connectivity index (χ3v) is 3.47. The first kappa shape index (κ1) is 15.8. The number of nitrogens with zero attached hydrogens (tertiary/aromatic N) is 1. The van der Waals surface area contributed by atoms with E-state index in [1.54, 1.807) is 13.2 Å². The van der Waals surface area contributed by atoms with Gasteiger partial charge >= 0.3 is 0 Å². The Hall–Kier alpha value is -1.29. The predicted octanol–water partition coefficient (Wildman–Crippen LogP) is 2.76. The fourth-order valence-electron chi connectivity index (χ4n) is 2.18. The molecule has 0 saturated heterocycles. The van der Waals surface area contributed by atoms with Crippen molar-refractivity contribution in [2.45, 2.75) is 13.8 Å². The lowest BCUT2D eigenvalue weighted by Crippen LogP contribution is -2.34. The van der Waals surface area contributed by atoms with Crippen LogP contribution in [0, 0.1) is 17.7 Å². The fourth-order valence-corrected chi connectivity index (χ4v) is 2.18. The van der Waals surface area contributed by atoms with Crippen LogP contribution in [0.4, 0.5) is 10.1 Å². The summed E-state index contributed by atoms with van der Waals surface area (Å²) in [5, 5.41) is 3.21. The zero-order chi connectivity index (χ0) is 14.4. The van der Waals surface area contributed by atoms with Gasteiger partial charge in [0.15, 0.2) is 0 Å². The van der Waals surface area contributed by atoms with Crippen LogP contribution in [-0.2, 0) is 0 Å². The quantitative estimate of drug-likeness (QED) is 0.823. The second kappa shape index (κ2) is 7.34. The highest BCUT2D eigenvalue weighted by molar-refractivity contribution is 5.58. The molecule has 108 valence electrons. The molecule has 1 aromatic rings. The van der Waals surface area contributed by atoms with Gasteiger partial charge in [0.25, 0.3) is 0 Å². The van der Waals surface area contributed by atoms with Crippen LogP contribution >= 0.6 is 0 Å². The highest BCUT2D eigenvalue weighted by atomic mass is 19.1. The Morgan fingerprint density at radius 1 is 1.37 bits per heavy atom. The van der Waals surface area contributed by atoms with E-state index in [0.717, 1.165) is 18.8 Å². The van der Waals surface area contributed by atoms with Crippen LogP contribution in [-0.4, -0.2) is 34.3 Å². The van der Waals surface area contributed by atoms with E-state index in [1.807, 2.05) is 14.1 Å². The predicted molar refractivity (Wildman–Crippen MR) is 78.5 cm³/mol. The van der Waals surface area contributed by atoms with Crippen LogP contribution in [0.5, 0.6) is 5.75 Å². The largest absolute Gasteiger partial charge is 0.495 e. The molecule has 0 aliphatic rings. The molecule has 0 aliphatic heterocycles. The van der Waals surface area contributed by atoms with Crippen molar-refractivity contribution in [3.63, 3.8) is 0 Å². The van der Waals surface area contributed by atoms with E-state index >= 15 is 0 Å². The Balaban J connectivity index is 2.86. The van der Waals surface area contributed by atoms with E-state index in [2.05, 4.69) is 24.1 Å². The van der Waals surface area contributed by atoms with Crippen molar-refractivity contribution < 1.29 is 9.13 Å². The number of halogens is 1. The SMILES string of the molecule is CNCC(CN(C)c1cc(F)ccc1OC)C(C)C. The molecule has 19 heavy (non-hydrogen) atoms. The number of ether oxygens (including phenoxy) is 1. The summed E-state index contributed by atoms with van der Waals surface area (Å²) in [6.07, 6.45) is 0. The molecular weight excluding hydrogens is 243 g/mol. The lowest BCUT2D eigenvalue weighted by molar-refractivity contribution is 0.373. The monoisotopic (exact) mass is 268 g/mol. The summed E-state index contributed by atoms with van der Waals surface area (Å²) in [4.78, 5) is 2.06. The van der Waals surface area contributed by atoms with Crippen molar-refractivity contribution in [3.8, 4) is 5.75 Å². The number of hydrogen-bond acceptors (Lipinski definition) is 3. The minimum Gasteiger partial charge on any atom is -0.495 e. The van der Waals surface area contributed by atoms with Crippen molar-refractivity contribution in [1.29, 1.82) is 0 Å². The number of nitrogens with one attached hydrogen (secondary N) is 1. The van der Waals surface area contributed by atoms with Crippen LogP contribution in [0.1, 0.15) is 13.8 Å². The molecule has 0 spiro atoms. The number of hydrogen-bond donors (Lipinski definition) is 1. The maximum absolute atomic E-state index is 13.4. The van der Waals surface area contributed by atoms with E-state index in [4.69, 9.17) is 4.74 Å². The van der Waals surface area contributed by atoms with Crippen LogP contribution in [0.15, 0.2) is 18.2 Å². The Kier molecular flexibility index (Phi) is 6.09. The fraction of sp³-hybridized carbons (Fsp3) is 0.600. The first-order valence-corrected chi connectivity index (χ1v) is 6.68. The first-order valence-electron chi connectivity index (χ1n) is 6.68. The second-order valence-electron chi connectivity index (χ2n) is 5.26. The van der Waals surface area contributed by atoms with E-state index in [9.17, 15) is 4.39 Å². The van der Waals surface area contributed by atoms with Crippen LogP contribution < -0.4 is 15.0 Å². The number of methoxy groups -OCH3 is 1. The average molecular weight is 268 g/mol. The Morgan fingerprint density at radius 3 is 2.58 bits per heavy atom. The highest BCUT2D eigenvalue weighted by Crippen LogP contribution is 2.29.